The van der Waals surface area contributed by atoms with Gasteiger partial charge in [0.25, 0.3) is 0 Å². The van der Waals surface area contributed by atoms with E-state index in [0.29, 0.717) is 52.5 Å². The van der Waals surface area contributed by atoms with E-state index in [1.807, 2.05) is 76.0 Å². The monoisotopic (exact) mass is 889 g/mol. The van der Waals surface area contributed by atoms with Crippen molar-refractivity contribution < 1.29 is 23.0 Å². The standard InChI is InChI=1S/C62H49N5O/c1-62(2,3)47-33-34-64-61(37-47)67-57-32-29-46(43-18-8-5-9-19-43)36-56(57)55-31-30-50(41-60(55)67)68-51-39-48(63-4)38-49(40-51)66-42-65(58-27-14-15-28-59(58)66)35-17-26-54-52(44-20-10-6-11-21-44)24-16-25-53(54)45-22-12-7-13-23-45/h5-16,18-25,27-34,36-41H,17,26,35H2,1-3H3/i6D,7D,10D,11D,12D,13D,20D,21D,22D,23D. The number of benzene rings is 8. The molecule has 0 aliphatic carbocycles. The lowest BCUT2D eigenvalue weighted by molar-refractivity contribution is -0.676. The third-order valence-corrected chi connectivity index (χ3v) is 12.3. The molecule has 11 aromatic rings. The molecule has 3 heterocycles. The maximum absolute atomic E-state index is 8.89. The molecule has 0 atom stereocenters. The minimum atomic E-state index is -0.545. The van der Waals surface area contributed by atoms with Gasteiger partial charge in [0.05, 0.1) is 48.9 Å². The molecule has 0 amide bonds. The summed E-state index contributed by atoms with van der Waals surface area (Å²) in [6, 6.07) is 40.1. The molecule has 6 nitrogen and oxygen atoms in total. The number of aryl methyl sites for hydroxylation is 1. The molecule has 8 aromatic carbocycles. The zero-order valence-electron chi connectivity index (χ0n) is 47.6. The maximum Gasteiger partial charge on any atom is 0.244 e. The first-order chi connectivity index (χ1) is 37.4. The Kier molecular flexibility index (Phi) is 8.38. The van der Waals surface area contributed by atoms with Gasteiger partial charge in [0.1, 0.15) is 17.3 Å². The van der Waals surface area contributed by atoms with E-state index < -0.39 is 60.4 Å². The van der Waals surface area contributed by atoms with Crippen molar-refractivity contribution in [1.82, 2.24) is 14.1 Å². The number of nitrogens with zero attached hydrogens (tertiary/aromatic N) is 5. The number of pyridine rings is 1. The number of hydrogen-bond donors (Lipinski definition) is 0. The largest absolute Gasteiger partial charge is 0.459 e. The molecular formula is C62H49N5O. The summed E-state index contributed by atoms with van der Waals surface area (Å²) in [5.41, 5.74) is 8.63. The fraction of sp³-hybridized carbons (Fsp3) is 0.113. The molecule has 0 unspecified atom stereocenters. The Balaban J connectivity index is 0.969. The normalized spacial score (nSPS) is 13.7. The van der Waals surface area contributed by atoms with Gasteiger partial charge in [-0.3, -0.25) is 4.57 Å². The highest BCUT2D eigenvalue weighted by atomic mass is 16.5. The van der Waals surface area contributed by atoms with Crippen LogP contribution in [0, 0.1) is 12.9 Å². The fourth-order valence-corrected chi connectivity index (χ4v) is 9.07. The summed E-state index contributed by atoms with van der Waals surface area (Å²) in [6.45, 7) is 15.1. The van der Waals surface area contributed by atoms with Gasteiger partial charge in [0.15, 0.2) is 5.69 Å². The van der Waals surface area contributed by atoms with Crippen molar-refractivity contribution >= 4 is 38.5 Å². The molecule has 0 spiro atoms. The van der Waals surface area contributed by atoms with E-state index in [9.17, 15) is 0 Å². The number of rotatable bonds is 11. The number of para-hydroxylation sites is 2. The summed E-state index contributed by atoms with van der Waals surface area (Å²) in [6.07, 6.45) is 5.95. The number of ether oxygens (including phenoxy) is 1. The second-order valence-corrected chi connectivity index (χ2v) is 17.7. The predicted octanol–water partition coefficient (Wildman–Crippen LogP) is 15.5. The molecule has 3 aromatic heterocycles. The first-order valence-corrected chi connectivity index (χ1v) is 22.4. The SMILES string of the molecule is [2H]c1c([2H])c([2H])c(-c2cccc(-c3c([2H])c([2H])c([2H])c([2H])c3[2H])c2CCC[n+]2[c-]n(-c3cc([N+]#[C-])cc(Oc4ccc5c6cc(-c7ccccc7)ccc6n(-c6cc(C(C)(C)C)ccn6)c5c4)c3)c3ccccc32)c([2H])c1[2H]. The van der Waals surface area contributed by atoms with Crippen LogP contribution in [-0.4, -0.2) is 14.1 Å². The van der Waals surface area contributed by atoms with Crippen LogP contribution in [0.4, 0.5) is 5.69 Å². The summed E-state index contributed by atoms with van der Waals surface area (Å²) in [4.78, 5) is 8.74. The van der Waals surface area contributed by atoms with Gasteiger partial charge < -0.3 is 13.9 Å². The van der Waals surface area contributed by atoms with Crippen molar-refractivity contribution in [2.45, 2.75) is 45.6 Å². The van der Waals surface area contributed by atoms with Gasteiger partial charge in [0.2, 0.25) is 6.33 Å². The first kappa shape index (κ1) is 32.2. The van der Waals surface area contributed by atoms with E-state index in [1.165, 1.54) is 0 Å². The van der Waals surface area contributed by atoms with Crippen LogP contribution in [0.5, 0.6) is 11.5 Å². The van der Waals surface area contributed by atoms with Gasteiger partial charge in [-0.05, 0) is 111 Å². The Morgan fingerprint density at radius 1 is 0.647 bits per heavy atom. The molecule has 0 bridgehead atoms. The summed E-state index contributed by atoms with van der Waals surface area (Å²) in [7, 11) is 0. The molecule has 11 rings (SSSR count). The molecule has 0 aliphatic rings. The van der Waals surface area contributed by atoms with Gasteiger partial charge in [-0.15, -0.1) is 0 Å². The lowest BCUT2D eigenvalue weighted by Crippen LogP contribution is -2.33. The molecule has 0 radical (unpaired) electrons. The second kappa shape index (κ2) is 17.7. The fourth-order valence-electron chi connectivity index (χ4n) is 9.07. The van der Waals surface area contributed by atoms with Crippen LogP contribution in [0.25, 0.3) is 82.6 Å². The second-order valence-electron chi connectivity index (χ2n) is 17.7. The van der Waals surface area contributed by atoms with E-state index in [1.54, 1.807) is 30.3 Å². The third kappa shape index (κ3) is 8.09. The summed E-state index contributed by atoms with van der Waals surface area (Å²) >= 11 is 0. The maximum atomic E-state index is 8.89. The Morgan fingerprint density at radius 3 is 2.12 bits per heavy atom. The van der Waals surface area contributed by atoms with Crippen molar-refractivity contribution in [3.8, 4) is 56.4 Å². The van der Waals surface area contributed by atoms with Crippen LogP contribution in [0.2, 0.25) is 0 Å². The summed E-state index contributed by atoms with van der Waals surface area (Å²) < 4.78 is 98.7. The smallest absolute Gasteiger partial charge is 0.244 e. The van der Waals surface area contributed by atoms with Crippen LogP contribution in [-0.2, 0) is 18.4 Å². The van der Waals surface area contributed by atoms with Gasteiger partial charge in [-0.2, -0.15) is 0 Å². The van der Waals surface area contributed by atoms with Crippen LogP contribution >= 0.6 is 0 Å². The van der Waals surface area contributed by atoms with E-state index in [-0.39, 0.29) is 23.0 Å². The highest BCUT2D eigenvalue weighted by Crippen LogP contribution is 2.39. The highest BCUT2D eigenvalue weighted by Gasteiger charge is 2.20. The molecule has 0 fully saturated rings. The quantitative estimate of drug-likeness (QED) is 0.0959. The lowest BCUT2D eigenvalue weighted by Gasteiger charge is -2.20. The topological polar surface area (TPSA) is 40.2 Å². The van der Waals surface area contributed by atoms with E-state index >= 15 is 0 Å². The Morgan fingerprint density at radius 2 is 1.38 bits per heavy atom. The number of fused-ring (bicyclic) bond motifs is 4. The summed E-state index contributed by atoms with van der Waals surface area (Å²) in [5, 5.41) is 2.09. The van der Waals surface area contributed by atoms with Gasteiger partial charge in [0, 0.05) is 28.7 Å². The van der Waals surface area contributed by atoms with E-state index in [4.69, 9.17) is 30.0 Å². The average Bonchev–Trinajstić information content (AvgIpc) is 4.19. The van der Waals surface area contributed by atoms with Crippen LogP contribution in [0.3, 0.4) is 0 Å². The molecule has 328 valence electrons. The van der Waals surface area contributed by atoms with Crippen molar-refractivity contribution in [2.75, 3.05) is 0 Å². The van der Waals surface area contributed by atoms with Crippen LogP contribution < -0.4 is 9.30 Å². The Bertz CT molecular complexity index is 4140. The third-order valence-electron chi connectivity index (χ3n) is 12.3. The minimum Gasteiger partial charge on any atom is -0.459 e. The number of aromatic nitrogens is 4. The van der Waals surface area contributed by atoms with Gasteiger partial charge >= 0.3 is 0 Å². The van der Waals surface area contributed by atoms with Crippen LogP contribution in [0.1, 0.15) is 52.0 Å². The molecule has 0 saturated heterocycles. The Labute approximate surface area is 411 Å². The van der Waals surface area contributed by atoms with Crippen molar-refractivity contribution in [1.29, 1.82) is 0 Å². The molecule has 68 heavy (non-hydrogen) atoms. The Hall–Kier alpha value is -8.53. The number of hydrogen-bond acceptors (Lipinski definition) is 2. The molecular weight excluding hydrogens is 831 g/mol. The van der Waals surface area contributed by atoms with Gasteiger partial charge in [-0.1, -0.05) is 166 Å². The molecule has 0 aliphatic heterocycles. The van der Waals surface area contributed by atoms with Gasteiger partial charge in [-0.25, -0.2) is 9.83 Å². The molecule has 0 N–H and O–H groups in total. The molecule has 0 saturated carbocycles. The molecule has 6 heteroatoms. The van der Waals surface area contributed by atoms with Crippen molar-refractivity contribution in [2.24, 2.45) is 0 Å². The predicted molar refractivity (Wildman–Crippen MR) is 277 cm³/mol. The van der Waals surface area contributed by atoms with Crippen molar-refractivity contribution in [3.63, 3.8) is 0 Å². The lowest BCUT2D eigenvalue weighted by atomic mass is 9.88. The zero-order chi connectivity index (χ0) is 54.9. The van der Waals surface area contributed by atoms with E-state index in [0.717, 1.165) is 55.3 Å². The average molecular weight is 890 g/mol. The first-order valence-electron chi connectivity index (χ1n) is 27.4. The minimum absolute atomic E-state index is 0.0543. The summed E-state index contributed by atoms with van der Waals surface area (Å²) in [5.74, 6) is 1.76. The zero-order valence-corrected chi connectivity index (χ0v) is 37.6. The van der Waals surface area contributed by atoms with Crippen LogP contribution in [0.15, 0.2) is 206 Å². The van der Waals surface area contributed by atoms with Crippen molar-refractivity contribution in [3.05, 3.63) is 235 Å². The highest BCUT2D eigenvalue weighted by molar-refractivity contribution is 6.10. The number of imidazole rings is 1. The van der Waals surface area contributed by atoms with E-state index in [2.05, 4.69) is 85.0 Å².